The summed E-state index contributed by atoms with van der Waals surface area (Å²) >= 11 is 0. The molecule has 0 atom stereocenters. The second-order valence-electron chi connectivity index (χ2n) is 0.470. The van der Waals surface area contributed by atoms with Crippen LogP contribution in [0.2, 0.25) is 0 Å². The molecule has 0 aliphatic heterocycles. The maximum Gasteiger partial charge on any atom is 2.00 e. The van der Waals surface area contributed by atoms with E-state index >= 15 is 0 Å². The number of rotatable bonds is 0. The molecule has 0 unspecified atom stereocenters. The van der Waals surface area contributed by atoms with Gasteiger partial charge in [-0.3, -0.25) is 0 Å². The molecule has 0 fully saturated rings. The zero-order valence-corrected chi connectivity index (χ0v) is 6.60. The Kier molecular flexibility index (Phi) is 64.9. The Balaban J connectivity index is -0.0000000286. The van der Waals surface area contributed by atoms with E-state index < -0.39 is 6.16 Å². The minimum Gasteiger partial charge on any atom is -0.569 e. The molecule has 0 aliphatic rings. The predicted molar refractivity (Wildman–Crippen MR) is 28.7 cm³/mol. The largest absolute Gasteiger partial charge is 2.00 e. The molecule has 0 amide bonds. The first kappa shape index (κ1) is 23.3. The van der Waals surface area contributed by atoms with Crippen LogP contribution in [0.1, 0.15) is 0 Å². The van der Waals surface area contributed by atoms with Gasteiger partial charge < -0.3 is 22.4 Å². The van der Waals surface area contributed by atoms with Crippen molar-refractivity contribution in [2.24, 2.45) is 0 Å². The summed E-state index contributed by atoms with van der Waals surface area (Å²) in [4.78, 5) is 9.15. The molecule has 4 nitrogen and oxygen atoms in total. The molecule has 56 valence electrons. The Morgan fingerprint density at radius 3 is 1.67 bits per heavy atom. The van der Waals surface area contributed by atoms with Gasteiger partial charge in [0.2, 0.25) is 0 Å². The molecule has 0 rings (SSSR count). The summed E-state index contributed by atoms with van der Waals surface area (Å²) < 4.78 is 3.67. The second-order valence-corrected chi connectivity index (χ2v) is 0.470. The van der Waals surface area contributed by atoms with Crippen LogP contribution in [-0.4, -0.2) is 23.5 Å². The van der Waals surface area contributed by atoms with Crippen molar-refractivity contribution in [1.29, 1.82) is 0 Å². The molecule has 0 aromatic rings. The average Bonchev–Trinajstić information content (AvgIpc) is 1.73. The van der Waals surface area contributed by atoms with E-state index in [9.17, 15) is 0 Å². The fraction of sp³-hybridized carbons (Fsp3) is 0.250. The molecule has 9 heavy (non-hydrogen) atoms. The summed E-state index contributed by atoms with van der Waals surface area (Å²) in [7, 11) is 3.35. The van der Waals surface area contributed by atoms with E-state index in [0.29, 0.717) is 0 Å². The molecule has 5 heteroatoms. The van der Waals surface area contributed by atoms with Gasteiger partial charge in [0.1, 0.15) is 0 Å². The molecular weight excluding hydrogens is 164 g/mol. The van der Waals surface area contributed by atoms with Crippen LogP contribution in [0.3, 0.4) is 0 Å². The van der Waals surface area contributed by atoms with Gasteiger partial charge in [-0.15, -0.1) is 0 Å². The quantitative estimate of drug-likeness (QED) is 0.423. The van der Waals surface area contributed by atoms with Crippen molar-refractivity contribution in [1.82, 2.24) is 0 Å². The van der Waals surface area contributed by atoms with Crippen LogP contribution in [0.4, 0.5) is 4.79 Å². The maximum absolute atomic E-state index is 9.15. The van der Waals surface area contributed by atoms with Crippen LogP contribution < -0.4 is 0 Å². The minimum atomic E-state index is -1.25. The molecule has 0 saturated carbocycles. The van der Waals surface area contributed by atoms with Crippen molar-refractivity contribution < 1.29 is 37.1 Å². The Labute approximate surface area is 65.6 Å². The first-order valence-electron chi connectivity index (χ1n) is 1.36. The summed E-state index contributed by atoms with van der Waals surface area (Å²) in [6.45, 7) is 0. The van der Waals surface area contributed by atoms with Crippen LogP contribution in [0, 0.1) is 14.5 Å². The number of hydrogen-bond donors (Lipinski definition) is 2. The van der Waals surface area contributed by atoms with Gasteiger partial charge in [-0.2, -0.15) is 0 Å². The van der Waals surface area contributed by atoms with Crippen molar-refractivity contribution >= 4 is 6.16 Å². The van der Waals surface area contributed by atoms with Gasteiger partial charge in [-0.05, 0) is 0 Å². The Hall–Kier alpha value is -0.238. The van der Waals surface area contributed by atoms with Gasteiger partial charge in [-0.25, -0.2) is 11.9 Å². The van der Waals surface area contributed by atoms with Gasteiger partial charge in [-0.1, -0.05) is 0 Å². The Morgan fingerprint density at radius 1 is 1.56 bits per heavy atom. The molecule has 0 radical (unpaired) electrons. The van der Waals surface area contributed by atoms with Crippen LogP contribution in [-0.2, 0) is 22.1 Å². The van der Waals surface area contributed by atoms with Crippen LogP contribution in [0.15, 0.2) is 0 Å². The third-order valence-corrected chi connectivity index (χ3v) is 0.175. The smallest absolute Gasteiger partial charge is 0.569 e. The summed E-state index contributed by atoms with van der Waals surface area (Å²) in [6.07, 6.45) is -1.25. The first-order chi connectivity index (χ1) is 3.27. The number of carbonyl (C=O) groups is 1. The third-order valence-electron chi connectivity index (χ3n) is 0.175. The van der Waals surface area contributed by atoms with Crippen LogP contribution in [0.5, 0.6) is 0 Å². The van der Waals surface area contributed by atoms with Crippen LogP contribution >= 0.6 is 0 Å². The number of hydrogen-bond acceptors (Lipinski definition) is 3. The SMILES string of the molecule is COC(=O)O.[CH2-]O.[CH3-].[Cr+2]. The first-order valence-corrected chi connectivity index (χ1v) is 1.36. The molecule has 0 aromatic carbocycles. The van der Waals surface area contributed by atoms with Gasteiger partial charge in [0, 0.05) is 0 Å². The molecule has 0 bridgehead atoms. The fourth-order valence-electron chi connectivity index (χ4n) is 0. The van der Waals surface area contributed by atoms with E-state index in [1.54, 1.807) is 0 Å². The van der Waals surface area contributed by atoms with Crippen molar-refractivity contribution in [3.8, 4) is 0 Å². The van der Waals surface area contributed by atoms with E-state index in [0.717, 1.165) is 7.11 Å². The standard InChI is InChI=1S/C2H4O3.CH3O.CH3.Cr/c1-5-2(3)4;1-2;;/h1H3,(H,3,4);2H,1H2;1H3;/q;2*-1;+2. The Morgan fingerprint density at radius 2 is 1.67 bits per heavy atom. The zero-order chi connectivity index (χ0) is 6.28. The number of methoxy groups -OCH3 is 1. The summed E-state index contributed by atoms with van der Waals surface area (Å²) in [6, 6.07) is 0. The van der Waals surface area contributed by atoms with Crippen molar-refractivity contribution in [2.75, 3.05) is 7.11 Å². The average molecular weight is 174 g/mol. The normalized spacial score (nSPS) is 4.33. The predicted octanol–water partition coefficient (Wildman–Crippen LogP) is 0.909. The molecule has 0 aliphatic carbocycles. The maximum atomic E-state index is 9.15. The topological polar surface area (TPSA) is 66.8 Å². The van der Waals surface area contributed by atoms with Crippen molar-refractivity contribution in [3.63, 3.8) is 0 Å². The number of carboxylic acid groups (broad SMARTS) is 1. The third kappa shape index (κ3) is 83.0. The number of aliphatic hydroxyl groups is 1. The summed E-state index contributed by atoms with van der Waals surface area (Å²) in [5.74, 6) is 0. The van der Waals surface area contributed by atoms with E-state index in [4.69, 9.17) is 15.0 Å². The molecular formula is C4H10CrO4. The summed E-state index contributed by atoms with van der Waals surface area (Å²) in [5, 5.41) is 14.2. The van der Waals surface area contributed by atoms with Crippen molar-refractivity contribution in [3.05, 3.63) is 14.5 Å². The van der Waals surface area contributed by atoms with Gasteiger partial charge in [0.25, 0.3) is 0 Å². The molecule has 0 spiro atoms. The van der Waals surface area contributed by atoms with E-state index in [1.165, 1.54) is 0 Å². The number of aliphatic hydroxyl groups excluding tert-OH is 1. The van der Waals surface area contributed by atoms with Gasteiger partial charge in [0.05, 0.1) is 7.11 Å². The van der Waals surface area contributed by atoms with E-state index in [1.807, 2.05) is 0 Å². The molecule has 0 saturated heterocycles. The van der Waals surface area contributed by atoms with E-state index in [-0.39, 0.29) is 24.8 Å². The van der Waals surface area contributed by atoms with Crippen molar-refractivity contribution in [2.45, 2.75) is 0 Å². The second kappa shape index (κ2) is 25.1. The minimum absolute atomic E-state index is 0. The fourth-order valence-corrected chi connectivity index (χ4v) is 0. The molecule has 0 heterocycles. The van der Waals surface area contributed by atoms with Gasteiger partial charge in [0.15, 0.2) is 0 Å². The van der Waals surface area contributed by atoms with E-state index in [2.05, 4.69) is 11.8 Å². The summed E-state index contributed by atoms with van der Waals surface area (Å²) in [5.41, 5.74) is 0. The molecule has 0 aromatic heterocycles. The monoisotopic (exact) mass is 174 g/mol. The zero-order valence-electron chi connectivity index (χ0n) is 5.33. The Bertz CT molecular complexity index is 47.8. The van der Waals surface area contributed by atoms with Gasteiger partial charge >= 0.3 is 23.5 Å². The molecule has 2 N–H and O–H groups in total. The van der Waals surface area contributed by atoms with Crippen LogP contribution in [0.25, 0.3) is 0 Å². The number of ether oxygens (including phenoxy) is 1.